The Bertz CT molecular complexity index is 812. The fourth-order valence-corrected chi connectivity index (χ4v) is 2.68. The lowest BCUT2D eigenvalue weighted by molar-refractivity contribution is 0.436. The maximum Gasteiger partial charge on any atom is 0.178 e. The van der Waals surface area contributed by atoms with Crippen LogP contribution in [0.4, 0.5) is 5.82 Å². The van der Waals surface area contributed by atoms with Crippen molar-refractivity contribution in [3.63, 3.8) is 0 Å². The van der Waals surface area contributed by atoms with Crippen LogP contribution in [-0.2, 0) is 0 Å². The number of anilines is 1. The van der Waals surface area contributed by atoms with Crippen LogP contribution in [0.3, 0.4) is 0 Å². The zero-order valence-electron chi connectivity index (χ0n) is 11.2. The molecule has 3 aromatic rings. The van der Waals surface area contributed by atoms with Crippen LogP contribution in [0.5, 0.6) is 0 Å². The van der Waals surface area contributed by atoms with Crippen molar-refractivity contribution >= 4 is 29.0 Å². The molecular weight excluding hydrogens is 307 g/mol. The van der Waals surface area contributed by atoms with Crippen LogP contribution in [0.1, 0.15) is 5.56 Å². The van der Waals surface area contributed by atoms with Gasteiger partial charge in [0, 0.05) is 16.1 Å². The van der Waals surface area contributed by atoms with E-state index in [9.17, 15) is 0 Å². The number of nitrogens with two attached hydrogens (primary N) is 1. The van der Waals surface area contributed by atoms with Gasteiger partial charge in [0.15, 0.2) is 11.6 Å². The highest BCUT2D eigenvalue weighted by Gasteiger charge is 2.21. The Morgan fingerprint density at radius 3 is 2.48 bits per heavy atom. The van der Waals surface area contributed by atoms with Crippen molar-refractivity contribution in [3.8, 4) is 22.5 Å². The Morgan fingerprint density at radius 1 is 1.00 bits per heavy atom. The molecule has 0 aliphatic heterocycles. The number of hydrogen-bond acceptors (Lipinski definition) is 3. The monoisotopic (exact) mass is 318 g/mol. The summed E-state index contributed by atoms with van der Waals surface area (Å²) < 4.78 is 5.41. The number of rotatable bonds is 2. The predicted molar refractivity (Wildman–Crippen MR) is 86.5 cm³/mol. The van der Waals surface area contributed by atoms with E-state index in [2.05, 4.69) is 5.16 Å². The second kappa shape index (κ2) is 5.43. The van der Waals surface area contributed by atoms with E-state index in [1.807, 2.05) is 43.3 Å². The molecule has 0 saturated carbocycles. The van der Waals surface area contributed by atoms with Gasteiger partial charge in [-0.1, -0.05) is 58.7 Å². The summed E-state index contributed by atoms with van der Waals surface area (Å²) in [6.07, 6.45) is 0. The van der Waals surface area contributed by atoms with E-state index in [1.165, 1.54) is 0 Å². The molecule has 0 fully saturated rings. The minimum Gasteiger partial charge on any atom is -0.380 e. The zero-order chi connectivity index (χ0) is 15.0. The lowest BCUT2D eigenvalue weighted by Crippen LogP contribution is -1.90. The van der Waals surface area contributed by atoms with Crippen LogP contribution in [0.25, 0.3) is 22.5 Å². The summed E-state index contributed by atoms with van der Waals surface area (Å²) in [5.74, 6) is 0.810. The number of halogens is 2. The highest BCUT2D eigenvalue weighted by Crippen LogP contribution is 2.42. The van der Waals surface area contributed by atoms with Crippen LogP contribution in [0.15, 0.2) is 47.0 Å². The first-order chi connectivity index (χ1) is 10.1. The van der Waals surface area contributed by atoms with Gasteiger partial charge in [0.05, 0.1) is 10.6 Å². The Labute approximate surface area is 132 Å². The summed E-state index contributed by atoms with van der Waals surface area (Å²) >= 11 is 12.6. The average Bonchev–Trinajstić information content (AvgIpc) is 2.84. The number of aryl methyl sites for hydroxylation is 1. The van der Waals surface area contributed by atoms with Gasteiger partial charge in [0.1, 0.15) is 0 Å². The third-order valence-electron chi connectivity index (χ3n) is 3.30. The SMILES string of the molecule is Cc1cccc(-c2onc(N)c2-c2ccccc2Cl)c1Cl. The quantitative estimate of drug-likeness (QED) is 0.706. The maximum absolute atomic E-state index is 6.37. The summed E-state index contributed by atoms with van der Waals surface area (Å²) in [4.78, 5) is 0. The summed E-state index contributed by atoms with van der Waals surface area (Å²) in [5.41, 5.74) is 9.09. The summed E-state index contributed by atoms with van der Waals surface area (Å²) in [6.45, 7) is 1.93. The van der Waals surface area contributed by atoms with E-state index in [0.29, 0.717) is 21.4 Å². The normalized spacial score (nSPS) is 10.8. The number of hydrogen-bond donors (Lipinski definition) is 1. The second-order valence-corrected chi connectivity index (χ2v) is 5.47. The molecule has 21 heavy (non-hydrogen) atoms. The summed E-state index contributed by atoms with van der Waals surface area (Å²) in [6, 6.07) is 13.1. The molecule has 0 spiro atoms. The minimum atomic E-state index is 0.288. The topological polar surface area (TPSA) is 52.0 Å². The Morgan fingerprint density at radius 2 is 1.71 bits per heavy atom. The molecule has 106 valence electrons. The lowest BCUT2D eigenvalue weighted by Gasteiger charge is -2.07. The third-order valence-corrected chi connectivity index (χ3v) is 4.13. The molecule has 0 atom stereocenters. The van der Waals surface area contributed by atoms with E-state index >= 15 is 0 Å². The number of nitrogens with zero attached hydrogens (tertiary/aromatic N) is 1. The standard InChI is InChI=1S/C16H12Cl2N2O/c1-9-5-4-7-11(14(9)18)15-13(16(19)20-21-15)10-6-2-3-8-12(10)17/h2-8H,1H3,(H2,19,20). The molecule has 5 heteroatoms. The first-order valence-electron chi connectivity index (χ1n) is 6.35. The van der Waals surface area contributed by atoms with Gasteiger partial charge in [-0.15, -0.1) is 0 Å². The van der Waals surface area contributed by atoms with Gasteiger partial charge in [-0.25, -0.2) is 0 Å². The number of benzene rings is 2. The van der Waals surface area contributed by atoms with E-state index in [-0.39, 0.29) is 5.82 Å². The van der Waals surface area contributed by atoms with E-state index in [0.717, 1.165) is 16.7 Å². The number of nitrogen functional groups attached to an aromatic ring is 1. The fourth-order valence-electron chi connectivity index (χ4n) is 2.23. The molecule has 2 aromatic carbocycles. The molecule has 1 heterocycles. The van der Waals surface area contributed by atoms with Crippen molar-refractivity contribution in [1.82, 2.24) is 5.16 Å². The Kier molecular flexibility index (Phi) is 3.62. The second-order valence-electron chi connectivity index (χ2n) is 4.69. The van der Waals surface area contributed by atoms with Crippen molar-refractivity contribution in [2.45, 2.75) is 6.92 Å². The summed E-state index contributed by atoms with van der Waals surface area (Å²) in [7, 11) is 0. The average molecular weight is 319 g/mol. The molecular formula is C16H12Cl2N2O. The van der Waals surface area contributed by atoms with Gasteiger partial charge in [0.2, 0.25) is 0 Å². The van der Waals surface area contributed by atoms with Crippen LogP contribution in [0, 0.1) is 6.92 Å². The van der Waals surface area contributed by atoms with Crippen molar-refractivity contribution < 1.29 is 4.52 Å². The van der Waals surface area contributed by atoms with Gasteiger partial charge in [-0.05, 0) is 24.6 Å². The van der Waals surface area contributed by atoms with Gasteiger partial charge in [0.25, 0.3) is 0 Å². The van der Waals surface area contributed by atoms with Crippen molar-refractivity contribution in [3.05, 3.63) is 58.1 Å². The molecule has 0 aliphatic carbocycles. The molecule has 2 N–H and O–H groups in total. The Balaban J connectivity index is 2.28. The van der Waals surface area contributed by atoms with Crippen molar-refractivity contribution in [2.24, 2.45) is 0 Å². The lowest BCUT2D eigenvalue weighted by atomic mass is 10.0. The molecule has 0 amide bonds. The van der Waals surface area contributed by atoms with Gasteiger partial charge in [-0.3, -0.25) is 0 Å². The minimum absolute atomic E-state index is 0.288. The first kappa shape index (κ1) is 14.0. The van der Waals surface area contributed by atoms with Gasteiger partial charge in [-0.2, -0.15) is 0 Å². The third kappa shape index (κ3) is 2.39. The van der Waals surface area contributed by atoms with Crippen molar-refractivity contribution in [1.29, 1.82) is 0 Å². The molecule has 0 unspecified atom stereocenters. The zero-order valence-corrected chi connectivity index (χ0v) is 12.7. The first-order valence-corrected chi connectivity index (χ1v) is 7.10. The van der Waals surface area contributed by atoms with Crippen LogP contribution < -0.4 is 5.73 Å². The largest absolute Gasteiger partial charge is 0.380 e. The molecule has 0 radical (unpaired) electrons. The van der Waals surface area contributed by atoms with Crippen LogP contribution in [0.2, 0.25) is 10.0 Å². The van der Waals surface area contributed by atoms with Gasteiger partial charge >= 0.3 is 0 Å². The maximum atomic E-state index is 6.37. The van der Waals surface area contributed by atoms with E-state index in [1.54, 1.807) is 6.07 Å². The molecule has 0 bridgehead atoms. The molecule has 3 rings (SSSR count). The van der Waals surface area contributed by atoms with Crippen LogP contribution >= 0.6 is 23.2 Å². The molecule has 0 aliphatic rings. The van der Waals surface area contributed by atoms with E-state index < -0.39 is 0 Å². The fraction of sp³-hybridized carbons (Fsp3) is 0.0625. The van der Waals surface area contributed by atoms with Crippen LogP contribution in [-0.4, -0.2) is 5.16 Å². The smallest absolute Gasteiger partial charge is 0.178 e. The Hall–Kier alpha value is -1.97. The molecule has 3 nitrogen and oxygen atoms in total. The summed E-state index contributed by atoms with van der Waals surface area (Å²) in [5, 5.41) is 5.06. The van der Waals surface area contributed by atoms with E-state index in [4.69, 9.17) is 33.5 Å². The molecule has 1 aromatic heterocycles. The highest BCUT2D eigenvalue weighted by atomic mass is 35.5. The van der Waals surface area contributed by atoms with Gasteiger partial charge < -0.3 is 10.3 Å². The predicted octanol–water partition coefficient (Wildman–Crippen LogP) is 5.21. The van der Waals surface area contributed by atoms with Crippen molar-refractivity contribution in [2.75, 3.05) is 5.73 Å². The number of aromatic nitrogens is 1. The molecule has 0 saturated heterocycles. The highest BCUT2D eigenvalue weighted by molar-refractivity contribution is 6.35.